The van der Waals surface area contributed by atoms with Crippen LogP contribution in [-0.2, 0) is 14.3 Å². The van der Waals surface area contributed by atoms with Gasteiger partial charge in [0.15, 0.2) is 5.13 Å². The fraction of sp³-hybridized carbons (Fsp3) is 0.231. The number of aliphatic hydroxyl groups excluding tert-OH is 1. The number of aryl methyl sites for hydroxylation is 1. The molecule has 2 aromatic carbocycles. The van der Waals surface area contributed by atoms with Gasteiger partial charge in [-0.05, 0) is 31.0 Å². The molecule has 1 fully saturated rings. The van der Waals surface area contributed by atoms with Crippen LogP contribution in [0.15, 0.2) is 60.2 Å². The number of nitrogens with zero attached hydrogens (tertiary/aromatic N) is 2. The van der Waals surface area contributed by atoms with Crippen molar-refractivity contribution in [3.63, 3.8) is 0 Å². The summed E-state index contributed by atoms with van der Waals surface area (Å²) in [6.45, 7) is 4.11. The maximum Gasteiger partial charge on any atom is 0.350 e. The van der Waals surface area contributed by atoms with Crippen LogP contribution in [0.25, 0.3) is 5.76 Å². The molecule has 1 saturated heterocycles. The van der Waals surface area contributed by atoms with Crippen LogP contribution in [0.3, 0.4) is 0 Å². The summed E-state index contributed by atoms with van der Waals surface area (Å²) in [5.74, 6) is -2.04. The smallest absolute Gasteiger partial charge is 0.350 e. The summed E-state index contributed by atoms with van der Waals surface area (Å²) < 4.78 is 10.5. The quantitative estimate of drug-likeness (QED) is 0.221. The minimum atomic E-state index is -0.938. The van der Waals surface area contributed by atoms with Crippen molar-refractivity contribution in [2.75, 3.05) is 18.6 Å². The molecule has 0 saturated carbocycles. The highest BCUT2D eigenvalue weighted by atomic mass is 32.1. The van der Waals surface area contributed by atoms with E-state index in [4.69, 9.17) is 9.47 Å². The highest BCUT2D eigenvalue weighted by Gasteiger charge is 2.48. The predicted octanol–water partition coefficient (Wildman–Crippen LogP) is 4.65. The molecule has 1 atom stereocenters. The molecule has 180 valence electrons. The third-order valence-electron chi connectivity index (χ3n) is 5.50. The number of aliphatic hydroxyl groups is 1. The Balaban J connectivity index is 1.87. The molecule has 0 aliphatic carbocycles. The highest BCUT2D eigenvalue weighted by Crippen LogP contribution is 2.44. The number of methoxy groups -OCH3 is 1. The van der Waals surface area contributed by atoms with Crippen molar-refractivity contribution in [1.82, 2.24) is 4.98 Å². The molecule has 0 bridgehead atoms. The number of carbonyl (C=O) groups excluding carboxylic acids is 3. The average molecular weight is 493 g/mol. The van der Waals surface area contributed by atoms with Crippen LogP contribution in [0.1, 0.15) is 45.9 Å². The number of aromatic nitrogens is 1. The van der Waals surface area contributed by atoms with Crippen molar-refractivity contribution in [3.05, 3.63) is 81.9 Å². The van der Waals surface area contributed by atoms with Crippen molar-refractivity contribution >= 4 is 39.9 Å². The van der Waals surface area contributed by atoms with Crippen molar-refractivity contribution in [2.24, 2.45) is 0 Å². The third kappa shape index (κ3) is 4.54. The first-order chi connectivity index (χ1) is 16.9. The van der Waals surface area contributed by atoms with Crippen molar-refractivity contribution in [2.45, 2.75) is 26.3 Å². The molecule has 1 aromatic heterocycles. The molecule has 2 heterocycles. The second-order valence-corrected chi connectivity index (χ2v) is 8.84. The van der Waals surface area contributed by atoms with E-state index in [2.05, 4.69) is 4.98 Å². The van der Waals surface area contributed by atoms with E-state index in [-0.39, 0.29) is 21.3 Å². The first-order valence-electron chi connectivity index (χ1n) is 11.0. The van der Waals surface area contributed by atoms with Crippen LogP contribution in [0.2, 0.25) is 0 Å². The standard InChI is InChI=1S/C26H24N2O6S/c1-4-13-34-18-12-8-11-17(14-18)21(29)19-20(16-9-6-5-7-10-16)28(24(31)22(19)30)26-27-15(2)23(35-26)25(32)33-3/h5-12,14,20,29H,4,13H2,1-3H3. The zero-order chi connectivity index (χ0) is 25.1. The number of anilines is 1. The molecule has 1 aliphatic rings. The number of ether oxygens (including phenoxy) is 2. The molecule has 1 aliphatic heterocycles. The van der Waals surface area contributed by atoms with Gasteiger partial charge in [0.1, 0.15) is 16.4 Å². The number of rotatable bonds is 7. The molecule has 1 amide bonds. The average Bonchev–Trinajstić information content (AvgIpc) is 3.39. The number of hydrogen-bond acceptors (Lipinski definition) is 8. The number of esters is 1. The predicted molar refractivity (Wildman–Crippen MR) is 132 cm³/mol. The van der Waals surface area contributed by atoms with Gasteiger partial charge in [0.2, 0.25) is 0 Å². The Morgan fingerprint density at radius 3 is 2.57 bits per heavy atom. The molecule has 0 spiro atoms. The molecule has 9 heteroatoms. The fourth-order valence-electron chi connectivity index (χ4n) is 3.86. The first-order valence-corrected chi connectivity index (χ1v) is 11.8. The second-order valence-electron chi connectivity index (χ2n) is 7.86. The Bertz CT molecular complexity index is 1310. The first kappa shape index (κ1) is 24.2. The molecule has 1 N–H and O–H groups in total. The number of Topliss-reactive ketones (excluding diaryl/α,β-unsaturated/α-hetero) is 1. The van der Waals surface area contributed by atoms with E-state index >= 15 is 0 Å². The van der Waals surface area contributed by atoms with Gasteiger partial charge in [0.05, 0.1) is 31.0 Å². The van der Waals surface area contributed by atoms with E-state index in [1.807, 2.05) is 13.0 Å². The summed E-state index contributed by atoms with van der Waals surface area (Å²) in [5.41, 5.74) is 1.27. The van der Waals surface area contributed by atoms with E-state index in [9.17, 15) is 19.5 Å². The summed E-state index contributed by atoms with van der Waals surface area (Å²) in [6, 6.07) is 14.7. The lowest BCUT2D eigenvalue weighted by molar-refractivity contribution is -0.132. The molecular formula is C26H24N2O6S. The summed E-state index contributed by atoms with van der Waals surface area (Å²) in [5, 5.41) is 11.4. The number of hydrogen-bond donors (Lipinski definition) is 1. The third-order valence-corrected chi connectivity index (χ3v) is 6.64. The summed E-state index contributed by atoms with van der Waals surface area (Å²) in [4.78, 5) is 44.5. The fourth-order valence-corrected chi connectivity index (χ4v) is 4.87. The molecule has 4 rings (SSSR count). The summed E-state index contributed by atoms with van der Waals surface area (Å²) in [6.07, 6.45) is 0.816. The van der Waals surface area contributed by atoms with Gasteiger partial charge in [-0.25, -0.2) is 9.78 Å². The van der Waals surface area contributed by atoms with Crippen LogP contribution in [0.5, 0.6) is 5.75 Å². The Morgan fingerprint density at radius 1 is 1.14 bits per heavy atom. The Labute approximate surface area is 206 Å². The largest absolute Gasteiger partial charge is 0.507 e. The lowest BCUT2D eigenvalue weighted by atomic mass is 9.95. The number of carbonyl (C=O) groups is 3. The Hall–Kier alpha value is -3.98. The zero-order valence-corrected chi connectivity index (χ0v) is 20.3. The topological polar surface area (TPSA) is 106 Å². The van der Waals surface area contributed by atoms with Gasteiger partial charge in [0.25, 0.3) is 5.78 Å². The van der Waals surface area contributed by atoms with E-state index in [0.29, 0.717) is 29.2 Å². The maximum atomic E-state index is 13.3. The normalized spacial score (nSPS) is 17.0. The Morgan fingerprint density at radius 2 is 1.89 bits per heavy atom. The minimum absolute atomic E-state index is 0.0682. The van der Waals surface area contributed by atoms with Gasteiger partial charge in [-0.15, -0.1) is 0 Å². The van der Waals surface area contributed by atoms with Crippen molar-refractivity contribution in [1.29, 1.82) is 0 Å². The lowest BCUT2D eigenvalue weighted by Gasteiger charge is -2.23. The van der Waals surface area contributed by atoms with E-state index < -0.39 is 23.7 Å². The number of benzene rings is 2. The van der Waals surface area contributed by atoms with Gasteiger partial charge in [-0.1, -0.05) is 60.7 Å². The molecule has 8 nitrogen and oxygen atoms in total. The van der Waals surface area contributed by atoms with Crippen LogP contribution < -0.4 is 9.64 Å². The number of ketones is 1. The van der Waals surface area contributed by atoms with Gasteiger partial charge in [0, 0.05) is 5.56 Å². The van der Waals surface area contributed by atoms with Crippen LogP contribution in [0, 0.1) is 6.92 Å². The molecular weight excluding hydrogens is 468 g/mol. The Kier molecular flexibility index (Phi) is 6.97. The zero-order valence-electron chi connectivity index (χ0n) is 19.5. The number of thiazole rings is 1. The summed E-state index contributed by atoms with van der Waals surface area (Å²) in [7, 11) is 1.26. The molecule has 3 aromatic rings. The van der Waals surface area contributed by atoms with Crippen LogP contribution in [-0.4, -0.2) is 41.5 Å². The van der Waals surface area contributed by atoms with Crippen LogP contribution in [0.4, 0.5) is 5.13 Å². The monoisotopic (exact) mass is 492 g/mol. The molecule has 0 radical (unpaired) electrons. The van der Waals surface area contributed by atoms with Crippen LogP contribution >= 0.6 is 11.3 Å². The number of amides is 1. The van der Waals surface area contributed by atoms with Gasteiger partial charge < -0.3 is 14.6 Å². The highest BCUT2D eigenvalue weighted by molar-refractivity contribution is 7.17. The second kappa shape index (κ2) is 10.1. The van der Waals surface area contributed by atoms with E-state index in [1.54, 1.807) is 55.5 Å². The van der Waals surface area contributed by atoms with Gasteiger partial charge >= 0.3 is 11.9 Å². The SMILES string of the molecule is CCCOc1cccc(C(O)=C2C(=O)C(=O)N(c3nc(C)c(C(=O)OC)s3)C2c2ccccc2)c1. The van der Waals surface area contributed by atoms with E-state index in [1.165, 1.54) is 12.0 Å². The minimum Gasteiger partial charge on any atom is -0.507 e. The summed E-state index contributed by atoms with van der Waals surface area (Å²) >= 11 is 0.958. The maximum absolute atomic E-state index is 13.3. The molecule has 1 unspecified atom stereocenters. The van der Waals surface area contributed by atoms with Gasteiger partial charge in [-0.3, -0.25) is 14.5 Å². The van der Waals surface area contributed by atoms with Crippen molar-refractivity contribution < 1.29 is 29.0 Å². The lowest BCUT2D eigenvalue weighted by Crippen LogP contribution is -2.29. The van der Waals surface area contributed by atoms with E-state index in [0.717, 1.165) is 17.8 Å². The molecule has 35 heavy (non-hydrogen) atoms. The van der Waals surface area contributed by atoms with Crippen molar-refractivity contribution in [3.8, 4) is 5.75 Å². The van der Waals surface area contributed by atoms with Gasteiger partial charge in [-0.2, -0.15) is 0 Å².